The molecule has 174 valence electrons. The third kappa shape index (κ3) is 5.68. The minimum absolute atomic E-state index is 0.0686. The molecule has 0 spiro atoms. The predicted octanol–water partition coefficient (Wildman–Crippen LogP) is 4.71. The van der Waals surface area contributed by atoms with Gasteiger partial charge in [-0.05, 0) is 41.7 Å². The number of hydrogen-bond acceptors (Lipinski definition) is 4. The molecule has 33 heavy (non-hydrogen) atoms. The van der Waals surface area contributed by atoms with E-state index in [-0.39, 0.29) is 12.4 Å². The van der Waals surface area contributed by atoms with Crippen molar-refractivity contribution < 1.29 is 14.3 Å². The molecule has 1 aromatic heterocycles. The lowest BCUT2D eigenvalue weighted by Crippen LogP contribution is -2.21. The molecule has 3 aromatic rings. The van der Waals surface area contributed by atoms with Gasteiger partial charge in [0.05, 0.1) is 5.70 Å². The van der Waals surface area contributed by atoms with Crippen molar-refractivity contribution >= 4 is 17.9 Å². The average Bonchev–Trinajstić information content (AvgIpc) is 3.16. The summed E-state index contributed by atoms with van der Waals surface area (Å²) >= 11 is 0. The van der Waals surface area contributed by atoms with Gasteiger partial charge in [0.1, 0.15) is 17.3 Å². The summed E-state index contributed by atoms with van der Waals surface area (Å²) in [4.78, 5) is 18.1. The lowest BCUT2D eigenvalue weighted by molar-refractivity contribution is -0.105. The summed E-state index contributed by atoms with van der Waals surface area (Å²) in [5, 5.41) is 12.0. The van der Waals surface area contributed by atoms with Gasteiger partial charge in [-0.2, -0.15) is 0 Å². The average molecular weight is 451 g/mol. The van der Waals surface area contributed by atoms with E-state index in [1.807, 2.05) is 28.6 Å². The summed E-state index contributed by atoms with van der Waals surface area (Å²) in [5.41, 5.74) is 4.30. The first-order chi connectivity index (χ1) is 15.8. The van der Waals surface area contributed by atoms with Gasteiger partial charge in [-0.25, -0.2) is 9.37 Å². The summed E-state index contributed by atoms with van der Waals surface area (Å²) in [7, 11) is 1.89. The Morgan fingerprint density at radius 2 is 2.00 bits per heavy atom. The highest BCUT2D eigenvalue weighted by Crippen LogP contribution is 2.33. The molecule has 3 rings (SSSR count). The molecule has 0 aliphatic rings. The normalized spacial score (nSPS) is 11.0. The number of carbonyl (C=O) groups excluding carboxylic acids is 1. The van der Waals surface area contributed by atoms with Gasteiger partial charge >= 0.3 is 0 Å². The zero-order valence-electron chi connectivity index (χ0n) is 19.4. The van der Waals surface area contributed by atoms with Gasteiger partial charge in [0.15, 0.2) is 5.82 Å². The number of halogens is 1. The first kappa shape index (κ1) is 24.2. The standard InChI is InChI=1S/C26H31FN4O2/c1-18(2)21-7-5-8-22(15-21)26-29-25(28-17-33)24(19(3)30(4)13-6-14-32)31(26)16-20-9-11-23(27)12-10-20/h5,7-12,15,17-18,32H,3,6,13-14,16H2,1-2,4H3,(H,28,33). The third-order valence-corrected chi connectivity index (χ3v) is 5.61. The van der Waals surface area contributed by atoms with Crippen molar-refractivity contribution in [3.63, 3.8) is 0 Å². The number of aromatic nitrogens is 2. The quantitative estimate of drug-likeness (QED) is 0.415. The molecule has 1 heterocycles. The van der Waals surface area contributed by atoms with Gasteiger partial charge < -0.3 is 19.9 Å². The number of nitrogens with zero attached hydrogens (tertiary/aromatic N) is 3. The molecule has 6 nitrogen and oxygen atoms in total. The Morgan fingerprint density at radius 1 is 1.27 bits per heavy atom. The van der Waals surface area contributed by atoms with E-state index in [9.17, 15) is 14.3 Å². The SMILES string of the molecule is C=C(c1c(NC=O)nc(-c2cccc(C(C)C)c2)n1Cc1ccc(F)cc1)N(C)CCCO. The van der Waals surface area contributed by atoms with E-state index in [4.69, 9.17) is 4.98 Å². The number of imidazole rings is 1. The minimum Gasteiger partial charge on any atom is -0.396 e. The Balaban J connectivity index is 2.18. The molecule has 0 saturated carbocycles. The number of carbonyl (C=O) groups is 1. The highest BCUT2D eigenvalue weighted by Gasteiger charge is 2.23. The van der Waals surface area contributed by atoms with Crippen molar-refractivity contribution in [3.05, 3.63) is 77.7 Å². The Labute approximate surface area is 194 Å². The largest absolute Gasteiger partial charge is 0.396 e. The minimum atomic E-state index is -0.300. The first-order valence-electron chi connectivity index (χ1n) is 11.0. The van der Waals surface area contributed by atoms with Gasteiger partial charge in [-0.15, -0.1) is 0 Å². The Bertz CT molecular complexity index is 1110. The molecule has 0 aliphatic carbocycles. The van der Waals surface area contributed by atoms with Crippen molar-refractivity contribution in [2.24, 2.45) is 0 Å². The molecule has 0 unspecified atom stereocenters. The second-order valence-electron chi connectivity index (χ2n) is 8.33. The van der Waals surface area contributed by atoms with Crippen LogP contribution in [0.1, 0.15) is 43.0 Å². The van der Waals surface area contributed by atoms with Crippen LogP contribution in [0, 0.1) is 5.82 Å². The van der Waals surface area contributed by atoms with Crippen molar-refractivity contribution in [2.75, 3.05) is 25.5 Å². The van der Waals surface area contributed by atoms with Crippen LogP contribution in [0.15, 0.2) is 55.1 Å². The topological polar surface area (TPSA) is 70.4 Å². The van der Waals surface area contributed by atoms with Crippen molar-refractivity contribution in [1.82, 2.24) is 14.5 Å². The summed E-state index contributed by atoms with van der Waals surface area (Å²) in [6, 6.07) is 14.5. The Hall–Kier alpha value is -3.45. The second-order valence-corrected chi connectivity index (χ2v) is 8.33. The fourth-order valence-electron chi connectivity index (χ4n) is 3.71. The van der Waals surface area contributed by atoms with Crippen LogP contribution in [0.5, 0.6) is 0 Å². The third-order valence-electron chi connectivity index (χ3n) is 5.61. The van der Waals surface area contributed by atoms with Crippen LogP contribution in [0.3, 0.4) is 0 Å². The molecule has 0 fully saturated rings. The fourth-order valence-corrected chi connectivity index (χ4v) is 3.71. The maximum Gasteiger partial charge on any atom is 0.212 e. The number of aliphatic hydroxyl groups excluding tert-OH is 1. The molecule has 2 N–H and O–H groups in total. The summed E-state index contributed by atoms with van der Waals surface area (Å²) < 4.78 is 15.5. The zero-order valence-corrected chi connectivity index (χ0v) is 19.4. The van der Waals surface area contributed by atoms with E-state index in [0.717, 1.165) is 11.1 Å². The highest BCUT2D eigenvalue weighted by atomic mass is 19.1. The van der Waals surface area contributed by atoms with Crippen LogP contribution in [0.2, 0.25) is 0 Å². The molecule has 2 aromatic carbocycles. The van der Waals surface area contributed by atoms with E-state index >= 15 is 0 Å². The van der Waals surface area contributed by atoms with Crippen LogP contribution < -0.4 is 5.32 Å². The Kier molecular flexibility index (Phi) is 8.01. The van der Waals surface area contributed by atoms with Crippen LogP contribution in [-0.4, -0.2) is 46.2 Å². The summed E-state index contributed by atoms with van der Waals surface area (Å²) in [5.74, 6) is 1.12. The molecule has 0 radical (unpaired) electrons. The number of nitrogens with one attached hydrogen (secondary N) is 1. The molecule has 7 heteroatoms. The number of aliphatic hydroxyl groups is 1. The van der Waals surface area contributed by atoms with Crippen molar-refractivity contribution in [3.8, 4) is 11.4 Å². The maximum absolute atomic E-state index is 13.5. The molecule has 0 atom stereocenters. The first-order valence-corrected chi connectivity index (χ1v) is 11.0. The summed E-state index contributed by atoms with van der Waals surface area (Å²) in [6.45, 7) is 9.60. The lowest BCUT2D eigenvalue weighted by Gasteiger charge is -2.23. The van der Waals surface area contributed by atoms with E-state index in [0.29, 0.717) is 54.9 Å². The number of anilines is 1. The number of amides is 1. The molecule has 0 aliphatic heterocycles. The van der Waals surface area contributed by atoms with E-state index < -0.39 is 0 Å². The molecular weight excluding hydrogens is 419 g/mol. The van der Waals surface area contributed by atoms with E-state index in [1.165, 1.54) is 17.7 Å². The zero-order chi connectivity index (χ0) is 24.0. The molecular formula is C26H31FN4O2. The van der Waals surface area contributed by atoms with Gasteiger partial charge in [0, 0.05) is 32.3 Å². The van der Waals surface area contributed by atoms with Crippen molar-refractivity contribution in [1.29, 1.82) is 0 Å². The van der Waals surface area contributed by atoms with E-state index in [1.54, 1.807) is 12.1 Å². The summed E-state index contributed by atoms with van der Waals surface area (Å²) in [6.07, 6.45) is 1.19. The van der Waals surface area contributed by atoms with Gasteiger partial charge in [0.25, 0.3) is 0 Å². The molecule has 0 saturated heterocycles. The van der Waals surface area contributed by atoms with Crippen LogP contribution in [0.4, 0.5) is 10.2 Å². The number of hydrogen-bond donors (Lipinski definition) is 2. The lowest BCUT2D eigenvalue weighted by atomic mass is 10.0. The van der Waals surface area contributed by atoms with E-state index in [2.05, 4.69) is 37.9 Å². The monoisotopic (exact) mass is 450 g/mol. The van der Waals surface area contributed by atoms with Crippen LogP contribution in [0.25, 0.3) is 17.1 Å². The smallest absolute Gasteiger partial charge is 0.212 e. The number of benzene rings is 2. The van der Waals surface area contributed by atoms with Gasteiger partial charge in [-0.3, -0.25) is 4.79 Å². The van der Waals surface area contributed by atoms with Gasteiger partial charge in [0.2, 0.25) is 6.41 Å². The predicted molar refractivity (Wildman–Crippen MR) is 130 cm³/mol. The van der Waals surface area contributed by atoms with Crippen molar-refractivity contribution in [2.45, 2.75) is 32.7 Å². The second kappa shape index (κ2) is 10.9. The van der Waals surface area contributed by atoms with Gasteiger partial charge in [-0.1, -0.05) is 50.8 Å². The van der Waals surface area contributed by atoms with Crippen LogP contribution >= 0.6 is 0 Å². The molecule has 1 amide bonds. The fraction of sp³-hybridized carbons (Fsp3) is 0.308. The van der Waals surface area contributed by atoms with Crippen LogP contribution in [-0.2, 0) is 11.3 Å². The molecule has 0 bridgehead atoms. The Morgan fingerprint density at radius 3 is 2.64 bits per heavy atom. The number of rotatable bonds is 11. The maximum atomic E-state index is 13.5. The highest BCUT2D eigenvalue weighted by molar-refractivity contribution is 5.81.